The van der Waals surface area contributed by atoms with Crippen LogP contribution < -0.4 is 5.32 Å². The molecule has 0 aromatic carbocycles. The minimum atomic E-state index is 0. The maximum Gasteiger partial charge on any atom is 0.193 e. The molecule has 0 spiro atoms. The summed E-state index contributed by atoms with van der Waals surface area (Å²) in [5.41, 5.74) is 0. The lowest BCUT2D eigenvalue weighted by atomic mass is 10.1. The van der Waals surface area contributed by atoms with Gasteiger partial charge in [-0.3, -0.25) is 9.89 Å². The van der Waals surface area contributed by atoms with Gasteiger partial charge in [-0.15, -0.1) is 24.0 Å². The molecule has 0 bridgehead atoms. The molecule has 0 aliphatic carbocycles. The molecule has 1 aliphatic rings. The first kappa shape index (κ1) is 21.3. The number of hydrogen-bond acceptors (Lipinski definition) is 3. The Hall–Kier alpha value is -0.760. The van der Waals surface area contributed by atoms with Crippen molar-refractivity contribution in [1.82, 2.24) is 15.1 Å². The predicted octanol–water partition coefficient (Wildman–Crippen LogP) is 3.73. The number of halogens is 1. The second-order valence-corrected chi connectivity index (χ2v) is 6.33. The SMILES string of the molecule is CCCCN(C)C(=NC)NCC(c1ccco1)N1CCCCC1.I. The zero-order valence-electron chi connectivity index (χ0n) is 15.3. The van der Waals surface area contributed by atoms with E-state index in [1.165, 1.54) is 32.1 Å². The molecule has 0 saturated carbocycles. The summed E-state index contributed by atoms with van der Waals surface area (Å²) in [6.07, 6.45) is 8.06. The molecule has 1 fully saturated rings. The van der Waals surface area contributed by atoms with Crippen LogP contribution in [-0.4, -0.2) is 56.0 Å². The molecule has 5 nitrogen and oxygen atoms in total. The quantitative estimate of drug-likeness (QED) is 0.392. The van der Waals surface area contributed by atoms with Crippen LogP contribution in [0.15, 0.2) is 27.8 Å². The molecule has 1 saturated heterocycles. The maximum atomic E-state index is 5.71. The van der Waals surface area contributed by atoms with E-state index in [1.807, 2.05) is 13.1 Å². The molecule has 1 aromatic heterocycles. The summed E-state index contributed by atoms with van der Waals surface area (Å²) in [4.78, 5) is 9.17. The summed E-state index contributed by atoms with van der Waals surface area (Å²) in [5, 5.41) is 3.54. The van der Waals surface area contributed by atoms with Crippen molar-refractivity contribution in [3.05, 3.63) is 24.2 Å². The number of hydrogen-bond donors (Lipinski definition) is 1. The van der Waals surface area contributed by atoms with Gasteiger partial charge in [0.05, 0.1) is 12.3 Å². The van der Waals surface area contributed by atoms with E-state index in [1.54, 1.807) is 6.26 Å². The van der Waals surface area contributed by atoms with Crippen molar-refractivity contribution in [3.8, 4) is 0 Å². The standard InChI is InChI=1S/C18H32N4O.HI/c1-4-5-11-21(3)18(19-2)20-15-16(17-10-9-14-23-17)22-12-7-6-8-13-22;/h9-10,14,16H,4-8,11-13,15H2,1-3H3,(H,19,20);1H. The maximum absolute atomic E-state index is 5.71. The van der Waals surface area contributed by atoms with E-state index in [0.29, 0.717) is 0 Å². The van der Waals surface area contributed by atoms with Crippen molar-refractivity contribution >= 4 is 29.9 Å². The lowest BCUT2D eigenvalue weighted by Crippen LogP contribution is -2.45. The first-order valence-electron chi connectivity index (χ1n) is 8.95. The highest BCUT2D eigenvalue weighted by Crippen LogP contribution is 2.24. The van der Waals surface area contributed by atoms with E-state index in [-0.39, 0.29) is 30.0 Å². The largest absolute Gasteiger partial charge is 0.468 e. The third-order valence-electron chi connectivity index (χ3n) is 4.58. The van der Waals surface area contributed by atoms with E-state index in [4.69, 9.17) is 4.42 Å². The number of nitrogens with zero attached hydrogens (tertiary/aromatic N) is 3. The molecule has 24 heavy (non-hydrogen) atoms. The molecule has 1 aliphatic heterocycles. The third-order valence-corrected chi connectivity index (χ3v) is 4.58. The number of guanidine groups is 1. The average Bonchev–Trinajstić information content (AvgIpc) is 3.11. The molecule has 0 radical (unpaired) electrons. The van der Waals surface area contributed by atoms with Gasteiger partial charge in [0.25, 0.3) is 0 Å². The molecule has 1 N–H and O–H groups in total. The fraction of sp³-hybridized carbons (Fsp3) is 0.722. The average molecular weight is 448 g/mol. The van der Waals surface area contributed by atoms with Crippen LogP contribution in [0.2, 0.25) is 0 Å². The van der Waals surface area contributed by atoms with Crippen molar-refractivity contribution < 1.29 is 4.42 Å². The van der Waals surface area contributed by atoms with Crippen molar-refractivity contribution in [1.29, 1.82) is 0 Å². The van der Waals surface area contributed by atoms with Crippen LogP contribution in [0.25, 0.3) is 0 Å². The fourth-order valence-electron chi connectivity index (χ4n) is 3.19. The van der Waals surface area contributed by atoms with E-state index in [0.717, 1.165) is 37.9 Å². The Balaban J connectivity index is 0.00000288. The van der Waals surface area contributed by atoms with Gasteiger partial charge in [0, 0.05) is 27.2 Å². The molecule has 0 amide bonds. The van der Waals surface area contributed by atoms with Crippen LogP contribution in [0.4, 0.5) is 0 Å². The van der Waals surface area contributed by atoms with Gasteiger partial charge < -0.3 is 14.6 Å². The molecule has 2 rings (SSSR count). The van der Waals surface area contributed by atoms with Crippen molar-refractivity contribution in [3.63, 3.8) is 0 Å². The van der Waals surface area contributed by atoms with Gasteiger partial charge in [0.1, 0.15) is 5.76 Å². The molecule has 6 heteroatoms. The number of furan rings is 1. The van der Waals surface area contributed by atoms with Gasteiger partial charge in [-0.25, -0.2) is 0 Å². The number of rotatable bonds is 7. The van der Waals surface area contributed by atoms with Crippen LogP contribution in [0.1, 0.15) is 50.8 Å². The number of piperidine rings is 1. The van der Waals surface area contributed by atoms with E-state index >= 15 is 0 Å². The Morgan fingerprint density at radius 3 is 2.71 bits per heavy atom. The van der Waals surface area contributed by atoms with Gasteiger partial charge in [-0.2, -0.15) is 0 Å². The summed E-state index contributed by atoms with van der Waals surface area (Å²) in [7, 11) is 3.96. The van der Waals surface area contributed by atoms with E-state index in [2.05, 4.69) is 40.1 Å². The predicted molar refractivity (Wildman–Crippen MR) is 111 cm³/mol. The smallest absolute Gasteiger partial charge is 0.193 e. The van der Waals surface area contributed by atoms with E-state index in [9.17, 15) is 0 Å². The topological polar surface area (TPSA) is 44.0 Å². The molecule has 138 valence electrons. The van der Waals surface area contributed by atoms with E-state index < -0.39 is 0 Å². The minimum Gasteiger partial charge on any atom is -0.468 e. The first-order chi connectivity index (χ1) is 11.3. The van der Waals surface area contributed by atoms with Crippen LogP contribution in [0.5, 0.6) is 0 Å². The lowest BCUT2D eigenvalue weighted by molar-refractivity contribution is 0.146. The zero-order chi connectivity index (χ0) is 16.5. The molecule has 1 unspecified atom stereocenters. The molecule has 2 heterocycles. The normalized spacial score (nSPS) is 17.2. The number of unbranched alkanes of at least 4 members (excludes halogenated alkanes) is 1. The van der Waals surface area contributed by atoms with Crippen LogP contribution in [-0.2, 0) is 0 Å². The van der Waals surface area contributed by atoms with Gasteiger partial charge in [-0.05, 0) is 44.5 Å². The summed E-state index contributed by atoms with van der Waals surface area (Å²) < 4.78 is 5.71. The van der Waals surface area contributed by atoms with Crippen molar-refractivity contribution in [2.45, 2.75) is 45.1 Å². The fourth-order valence-corrected chi connectivity index (χ4v) is 3.19. The van der Waals surface area contributed by atoms with Crippen molar-refractivity contribution in [2.75, 3.05) is 40.3 Å². The van der Waals surface area contributed by atoms with Gasteiger partial charge in [0.2, 0.25) is 0 Å². The zero-order valence-corrected chi connectivity index (χ0v) is 17.7. The molecule has 1 aromatic rings. The van der Waals surface area contributed by atoms with Gasteiger partial charge >= 0.3 is 0 Å². The van der Waals surface area contributed by atoms with Gasteiger partial charge in [0.15, 0.2) is 5.96 Å². The summed E-state index contributed by atoms with van der Waals surface area (Å²) in [5.74, 6) is 2.01. The summed E-state index contributed by atoms with van der Waals surface area (Å²) in [6.45, 7) is 6.38. The molecular formula is C18H33IN4O. The Labute approximate surface area is 163 Å². The van der Waals surface area contributed by atoms with Crippen LogP contribution >= 0.6 is 24.0 Å². The molecule has 1 atom stereocenters. The first-order valence-corrected chi connectivity index (χ1v) is 8.95. The monoisotopic (exact) mass is 448 g/mol. The minimum absolute atomic E-state index is 0. The second-order valence-electron chi connectivity index (χ2n) is 6.33. The van der Waals surface area contributed by atoms with Crippen molar-refractivity contribution in [2.24, 2.45) is 4.99 Å². The molecular weight excluding hydrogens is 415 g/mol. The summed E-state index contributed by atoms with van der Waals surface area (Å²) in [6, 6.07) is 4.35. The third kappa shape index (κ3) is 6.27. The Morgan fingerprint density at radius 2 is 2.12 bits per heavy atom. The Bertz CT molecular complexity index is 458. The highest BCUT2D eigenvalue weighted by Gasteiger charge is 2.24. The lowest BCUT2D eigenvalue weighted by Gasteiger charge is -2.34. The Kier molecular flexibility index (Phi) is 10.4. The highest BCUT2D eigenvalue weighted by molar-refractivity contribution is 14.0. The number of likely N-dealkylation sites (tertiary alicyclic amines) is 1. The van der Waals surface area contributed by atoms with Gasteiger partial charge in [-0.1, -0.05) is 19.8 Å². The van der Waals surface area contributed by atoms with Crippen LogP contribution in [0, 0.1) is 0 Å². The summed E-state index contributed by atoms with van der Waals surface area (Å²) >= 11 is 0. The highest BCUT2D eigenvalue weighted by atomic mass is 127. The Morgan fingerprint density at radius 1 is 1.38 bits per heavy atom. The second kappa shape index (κ2) is 11.7. The number of aliphatic imine (C=N–C) groups is 1. The number of nitrogens with one attached hydrogen (secondary N) is 1. The van der Waals surface area contributed by atoms with Crippen LogP contribution in [0.3, 0.4) is 0 Å².